The fourth-order valence-corrected chi connectivity index (χ4v) is 1.77. The van der Waals surface area contributed by atoms with Crippen LogP contribution >= 0.6 is 0 Å². The molecule has 0 spiro atoms. The van der Waals surface area contributed by atoms with Crippen molar-refractivity contribution >= 4 is 12.0 Å². The number of nitrogens with zero attached hydrogens (tertiary/aromatic N) is 1. The highest BCUT2D eigenvalue weighted by molar-refractivity contribution is 5.73. The van der Waals surface area contributed by atoms with Crippen molar-refractivity contribution in [3.8, 4) is 0 Å². The zero-order valence-corrected chi connectivity index (χ0v) is 13.5. The van der Waals surface area contributed by atoms with Crippen molar-refractivity contribution in [1.29, 1.82) is 0 Å². The van der Waals surface area contributed by atoms with Gasteiger partial charge in [-0.05, 0) is 38.5 Å². The highest BCUT2D eigenvalue weighted by atomic mass is 19.1. The van der Waals surface area contributed by atoms with Gasteiger partial charge in [0.1, 0.15) is 11.4 Å². The zero-order chi connectivity index (χ0) is 16.8. The van der Waals surface area contributed by atoms with Crippen LogP contribution in [0.4, 0.5) is 9.18 Å². The van der Waals surface area contributed by atoms with E-state index >= 15 is 0 Å². The van der Waals surface area contributed by atoms with Crippen molar-refractivity contribution in [3.63, 3.8) is 0 Å². The van der Waals surface area contributed by atoms with Gasteiger partial charge in [-0.15, -0.1) is 0 Å². The predicted molar refractivity (Wildman–Crippen MR) is 81.7 cm³/mol. The van der Waals surface area contributed by atoms with Crippen LogP contribution in [0.25, 0.3) is 0 Å². The van der Waals surface area contributed by atoms with Crippen LogP contribution in [0, 0.1) is 5.82 Å². The number of amides is 2. The molecule has 0 aliphatic carbocycles. The molecular weight excluding hydrogens is 287 g/mol. The first-order valence-electron chi connectivity index (χ1n) is 7.14. The minimum Gasteiger partial charge on any atom is -0.444 e. The topological polar surface area (TPSA) is 58.6 Å². The second kappa shape index (κ2) is 7.77. The molecule has 1 N–H and O–H groups in total. The summed E-state index contributed by atoms with van der Waals surface area (Å²) in [6.07, 6.45) is -0.516. The number of ether oxygens (including phenoxy) is 1. The van der Waals surface area contributed by atoms with Crippen LogP contribution in [0.1, 0.15) is 33.3 Å². The van der Waals surface area contributed by atoms with Gasteiger partial charge in [0, 0.05) is 26.6 Å². The second-order valence-corrected chi connectivity index (χ2v) is 6.00. The third kappa shape index (κ3) is 7.06. The van der Waals surface area contributed by atoms with Gasteiger partial charge in [0.2, 0.25) is 5.91 Å². The summed E-state index contributed by atoms with van der Waals surface area (Å²) in [7, 11) is 0. The van der Waals surface area contributed by atoms with Crippen LogP contribution in [-0.2, 0) is 16.1 Å². The number of nitrogens with one attached hydrogen (secondary N) is 1. The largest absolute Gasteiger partial charge is 0.444 e. The van der Waals surface area contributed by atoms with Crippen LogP contribution in [-0.4, -0.2) is 35.6 Å². The summed E-state index contributed by atoms with van der Waals surface area (Å²) in [5.41, 5.74) is 0.271. The van der Waals surface area contributed by atoms with E-state index in [0.29, 0.717) is 13.1 Å². The van der Waals surface area contributed by atoms with E-state index in [1.165, 1.54) is 19.1 Å². The molecule has 2 amide bonds. The number of alkyl carbamates (subject to hydrolysis) is 1. The molecule has 1 aromatic rings. The molecule has 0 saturated carbocycles. The van der Waals surface area contributed by atoms with E-state index in [2.05, 4.69) is 5.32 Å². The smallest absolute Gasteiger partial charge is 0.407 e. The average Bonchev–Trinajstić information content (AvgIpc) is 2.37. The van der Waals surface area contributed by atoms with E-state index in [1.54, 1.807) is 37.8 Å². The van der Waals surface area contributed by atoms with E-state index in [4.69, 9.17) is 4.74 Å². The minimum atomic E-state index is -0.557. The van der Waals surface area contributed by atoms with Gasteiger partial charge in [0.15, 0.2) is 0 Å². The Morgan fingerprint density at radius 3 is 2.32 bits per heavy atom. The van der Waals surface area contributed by atoms with Crippen molar-refractivity contribution in [2.45, 2.75) is 39.8 Å². The lowest BCUT2D eigenvalue weighted by atomic mass is 10.2. The van der Waals surface area contributed by atoms with Crippen molar-refractivity contribution in [1.82, 2.24) is 10.2 Å². The first kappa shape index (κ1) is 17.9. The van der Waals surface area contributed by atoms with Crippen molar-refractivity contribution < 1.29 is 18.7 Å². The summed E-state index contributed by atoms with van der Waals surface area (Å²) in [6, 6.07) is 5.97. The van der Waals surface area contributed by atoms with Crippen LogP contribution in [0.5, 0.6) is 0 Å². The summed E-state index contributed by atoms with van der Waals surface area (Å²) in [5, 5.41) is 2.60. The molecule has 6 heteroatoms. The molecule has 0 heterocycles. The van der Waals surface area contributed by atoms with Crippen molar-refractivity contribution in [3.05, 3.63) is 35.6 Å². The lowest BCUT2D eigenvalue weighted by molar-refractivity contribution is -0.129. The van der Waals surface area contributed by atoms with Crippen LogP contribution in [0.3, 0.4) is 0 Å². The zero-order valence-electron chi connectivity index (χ0n) is 13.5. The van der Waals surface area contributed by atoms with E-state index in [-0.39, 0.29) is 18.3 Å². The van der Waals surface area contributed by atoms with E-state index in [9.17, 15) is 14.0 Å². The minimum absolute atomic E-state index is 0.115. The van der Waals surface area contributed by atoms with Gasteiger partial charge in [0.25, 0.3) is 0 Å². The molecule has 0 radical (unpaired) electrons. The van der Waals surface area contributed by atoms with Crippen molar-refractivity contribution in [2.24, 2.45) is 0 Å². The molecule has 0 atom stereocenters. The van der Waals surface area contributed by atoms with E-state index in [0.717, 1.165) is 5.56 Å². The molecule has 22 heavy (non-hydrogen) atoms. The van der Waals surface area contributed by atoms with Gasteiger partial charge in [-0.1, -0.05) is 12.1 Å². The summed E-state index contributed by atoms with van der Waals surface area (Å²) >= 11 is 0. The highest BCUT2D eigenvalue weighted by Gasteiger charge is 2.16. The Kier molecular flexibility index (Phi) is 6.34. The molecular formula is C16H23FN2O3. The van der Waals surface area contributed by atoms with Crippen LogP contribution in [0.15, 0.2) is 24.3 Å². The normalized spacial score (nSPS) is 11.0. The fourth-order valence-electron chi connectivity index (χ4n) is 1.77. The number of halogens is 1. The average molecular weight is 310 g/mol. The van der Waals surface area contributed by atoms with Crippen LogP contribution < -0.4 is 5.32 Å². The Hall–Kier alpha value is -2.11. The number of carbonyl (C=O) groups excluding carboxylic acids is 2. The molecule has 0 aliphatic rings. The molecule has 1 rings (SSSR count). The SMILES string of the molecule is CC(=O)N(CCNC(=O)OC(C)(C)C)Cc1ccc(F)cc1. The lowest BCUT2D eigenvalue weighted by Crippen LogP contribution is -2.39. The molecule has 1 aromatic carbocycles. The molecule has 0 aliphatic heterocycles. The summed E-state index contributed by atoms with van der Waals surface area (Å²) in [6.45, 7) is 7.80. The molecule has 0 saturated heterocycles. The predicted octanol–water partition coefficient (Wildman–Crippen LogP) is 2.70. The molecule has 0 bridgehead atoms. The Balaban J connectivity index is 2.46. The molecule has 0 fully saturated rings. The van der Waals surface area contributed by atoms with Gasteiger partial charge >= 0.3 is 6.09 Å². The number of hydrogen-bond acceptors (Lipinski definition) is 3. The first-order valence-corrected chi connectivity index (χ1v) is 7.14. The lowest BCUT2D eigenvalue weighted by Gasteiger charge is -2.23. The Bertz CT molecular complexity index is 509. The van der Waals surface area contributed by atoms with Crippen molar-refractivity contribution in [2.75, 3.05) is 13.1 Å². The standard InChI is InChI=1S/C16H23FN2O3/c1-12(20)19(11-13-5-7-14(17)8-6-13)10-9-18-15(21)22-16(2,3)4/h5-8H,9-11H2,1-4H3,(H,18,21). The Labute approximate surface area is 130 Å². The summed E-state index contributed by atoms with van der Waals surface area (Å²) < 4.78 is 18.0. The third-order valence-corrected chi connectivity index (χ3v) is 2.78. The maximum absolute atomic E-state index is 12.9. The monoisotopic (exact) mass is 310 g/mol. The maximum atomic E-state index is 12.9. The highest BCUT2D eigenvalue weighted by Crippen LogP contribution is 2.08. The number of rotatable bonds is 5. The maximum Gasteiger partial charge on any atom is 0.407 e. The Morgan fingerprint density at radius 2 is 1.82 bits per heavy atom. The molecule has 122 valence electrons. The number of benzene rings is 1. The quantitative estimate of drug-likeness (QED) is 0.909. The fraction of sp³-hybridized carbons (Fsp3) is 0.500. The van der Waals surface area contributed by atoms with Gasteiger partial charge in [-0.2, -0.15) is 0 Å². The molecule has 0 aromatic heterocycles. The summed E-state index contributed by atoms with van der Waals surface area (Å²) in [5.74, 6) is -0.431. The molecule has 0 unspecified atom stereocenters. The van der Waals surface area contributed by atoms with E-state index in [1.807, 2.05) is 0 Å². The Morgan fingerprint density at radius 1 is 1.23 bits per heavy atom. The second-order valence-electron chi connectivity index (χ2n) is 6.00. The van der Waals surface area contributed by atoms with Gasteiger partial charge in [0.05, 0.1) is 0 Å². The third-order valence-electron chi connectivity index (χ3n) is 2.78. The number of hydrogen-bond donors (Lipinski definition) is 1. The molecule has 5 nitrogen and oxygen atoms in total. The van der Waals surface area contributed by atoms with E-state index < -0.39 is 11.7 Å². The number of carbonyl (C=O) groups is 2. The van der Waals surface area contributed by atoms with Gasteiger partial charge in [-0.25, -0.2) is 9.18 Å². The van der Waals surface area contributed by atoms with Crippen LogP contribution in [0.2, 0.25) is 0 Å². The summed E-state index contributed by atoms with van der Waals surface area (Å²) in [4.78, 5) is 24.7. The van der Waals surface area contributed by atoms with Gasteiger partial charge in [-0.3, -0.25) is 4.79 Å². The first-order chi connectivity index (χ1) is 10.2. The van der Waals surface area contributed by atoms with Gasteiger partial charge < -0.3 is 15.0 Å².